The monoisotopic (exact) mass is 449 g/mol. The number of ketones is 1. The molecule has 6 nitrogen and oxygen atoms in total. The van der Waals surface area contributed by atoms with Gasteiger partial charge in [-0.25, -0.2) is 8.42 Å². The summed E-state index contributed by atoms with van der Waals surface area (Å²) in [6.45, 7) is 0. The second-order valence-corrected chi connectivity index (χ2v) is 10.2. The highest BCUT2D eigenvalue weighted by Gasteiger charge is 2.35. The van der Waals surface area contributed by atoms with E-state index in [4.69, 9.17) is 22.4 Å². The third-order valence-corrected chi connectivity index (χ3v) is 7.78. The lowest BCUT2D eigenvalue weighted by atomic mass is 10.0. The van der Waals surface area contributed by atoms with Crippen LogP contribution in [0.25, 0.3) is 0 Å². The fourth-order valence-corrected chi connectivity index (χ4v) is 5.45. The predicted octanol–water partition coefficient (Wildman–Crippen LogP) is 3.64. The van der Waals surface area contributed by atoms with E-state index in [0.29, 0.717) is 42.7 Å². The van der Waals surface area contributed by atoms with Gasteiger partial charge in [0.05, 0.1) is 4.90 Å². The van der Waals surface area contributed by atoms with E-state index in [1.165, 1.54) is 24.3 Å². The van der Waals surface area contributed by atoms with Crippen LogP contribution in [0.2, 0.25) is 5.02 Å². The molecule has 3 N–H and O–H groups in total. The van der Waals surface area contributed by atoms with Crippen LogP contribution in [0.3, 0.4) is 0 Å². The Labute approximate surface area is 181 Å². The van der Waals surface area contributed by atoms with Crippen molar-refractivity contribution in [3.63, 3.8) is 0 Å². The summed E-state index contributed by atoms with van der Waals surface area (Å²) in [5, 5.41) is 8.07. The molecule has 0 heterocycles. The molecule has 0 saturated carbocycles. The fourth-order valence-electron chi connectivity index (χ4n) is 3.80. The van der Waals surface area contributed by atoms with E-state index >= 15 is 0 Å². The van der Waals surface area contributed by atoms with Crippen LogP contribution >= 0.6 is 11.6 Å². The molecular weight excluding hydrogens is 426 g/mol. The molecule has 2 atom stereocenters. The maximum absolute atomic E-state index is 12.9. The summed E-state index contributed by atoms with van der Waals surface area (Å²) in [5.74, 6) is -1.18. The Morgan fingerprint density at radius 3 is 2.33 bits per heavy atom. The van der Waals surface area contributed by atoms with Gasteiger partial charge in [0.1, 0.15) is 5.37 Å². The van der Waals surface area contributed by atoms with Crippen molar-refractivity contribution in [2.24, 2.45) is 11.7 Å². The zero-order chi connectivity index (χ0) is 21.9. The van der Waals surface area contributed by atoms with E-state index in [2.05, 4.69) is 0 Å². The van der Waals surface area contributed by atoms with E-state index in [1.54, 1.807) is 6.07 Å². The van der Waals surface area contributed by atoms with Crippen LogP contribution in [-0.4, -0.2) is 30.7 Å². The lowest BCUT2D eigenvalue weighted by molar-refractivity contribution is -0.137. The Balaban J connectivity index is 1.67. The molecule has 2 aromatic rings. The van der Waals surface area contributed by atoms with Crippen LogP contribution in [0.5, 0.6) is 0 Å². The summed E-state index contributed by atoms with van der Waals surface area (Å²) in [4.78, 5) is 23.1. The number of carboxylic acid groups (broad SMARTS) is 1. The van der Waals surface area contributed by atoms with Gasteiger partial charge in [0.2, 0.25) is 0 Å². The first-order valence-corrected chi connectivity index (χ1v) is 11.7. The van der Waals surface area contributed by atoms with Crippen molar-refractivity contribution < 1.29 is 23.1 Å². The first kappa shape index (κ1) is 22.5. The van der Waals surface area contributed by atoms with E-state index in [0.717, 1.165) is 11.1 Å². The van der Waals surface area contributed by atoms with Gasteiger partial charge in [-0.1, -0.05) is 23.7 Å². The number of benzene rings is 2. The van der Waals surface area contributed by atoms with Gasteiger partial charge in [-0.15, -0.1) is 0 Å². The number of hydrogen-bond donors (Lipinski definition) is 2. The average molecular weight is 450 g/mol. The van der Waals surface area contributed by atoms with Crippen LogP contribution in [0.4, 0.5) is 0 Å². The van der Waals surface area contributed by atoms with Crippen LogP contribution in [0, 0.1) is 5.92 Å². The minimum absolute atomic E-state index is 0.0373. The Morgan fingerprint density at radius 2 is 1.67 bits per heavy atom. The number of Topliss-reactive ketones (excluding diaryl/α,β-unsaturated/α-hetero) is 1. The minimum atomic E-state index is -3.70. The lowest BCUT2D eigenvalue weighted by Crippen LogP contribution is -2.38. The normalized spacial score (nSPS) is 16.8. The van der Waals surface area contributed by atoms with Gasteiger partial charge in [-0.2, -0.15) is 0 Å². The van der Waals surface area contributed by atoms with E-state index in [1.807, 2.05) is 12.1 Å². The van der Waals surface area contributed by atoms with E-state index < -0.39 is 21.2 Å². The first-order valence-electron chi connectivity index (χ1n) is 9.80. The molecule has 0 saturated heterocycles. The van der Waals surface area contributed by atoms with Gasteiger partial charge >= 0.3 is 5.97 Å². The van der Waals surface area contributed by atoms with E-state index in [-0.39, 0.29) is 23.0 Å². The molecule has 0 bridgehead atoms. The van der Waals surface area contributed by atoms with Gasteiger partial charge in [0.15, 0.2) is 15.6 Å². The molecule has 8 heteroatoms. The first-order chi connectivity index (χ1) is 14.2. The number of unbranched alkanes of at least 4 members (excludes halogenated alkanes) is 1. The summed E-state index contributed by atoms with van der Waals surface area (Å²) in [6.07, 6.45) is 2.36. The lowest BCUT2D eigenvalue weighted by Gasteiger charge is -2.19. The minimum Gasteiger partial charge on any atom is -0.481 e. The molecule has 160 valence electrons. The van der Waals surface area contributed by atoms with Gasteiger partial charge in [0, 0.05) is 23.4 Å². The standard InChI is InChI=1S/C22H24ClNO5S/c23-18-7-9-19(10-8-18)30(28,29)22(24)17-11-14-5-6-15(12-16(14)13-17)20(25)3-1-2-4-21(26)27/h5-10,12,17,22H,1-4,11,13,24H2,(H,26,27). The Hall–Kier alpha value is -2.22. The highest BCUT2D eigenvalue weighted by Crippen LogP contribution is 2.33. The second kappa shape index (κ2) is 9.29. The topological polar surface area (TPSA) is 115 Å². The van der Waals surface area contributed by atoms with Crippen molar-refractivity contribution in [2.45, 2.75) is 48.8 Å². The van der Waals surface area contributed by atoms with Crippen molar-refractivity contribution in [3.05, 3.63) is 64.2 Å². The molecule has 30 heavy (non-hydrogen) atoms. The number of carboxylic acids is 1. The second-order valence-electron chi connectivity index (χ2n) is 7.64. The van der Waals surface area contributed by atoms with Gasteiger partial charge in [-0.05, 0) is 73.1 Å². The smallest absolute Gasteiger partial charge is 0.303 e. The van der Waals surface area contributed by atoms with Crippen LogP contribution < -0.4 is 5.73 Å². The average Bonchev–Trinajstić information content (AvgIpc) is 3.13. The molecule has 2 aromatic carbocycles. The number of hydrogen-bond acceptors (Lipinski definition) is 5. The third-order valence-electron chi connectivity index (χ3n) is 5.50. The number of fused-ring (bicyclic) bond motifs is 1. The number of rotatable bonds is 9. The van der Waals surface area contributed by atoms with Crippen LogP contribution in [0.1, 0.15) is 47.2 Å². The van der Waals surface area contributed by atoms with Gasteiger partial charge in [0.25, 0.3) is 0 Å². The SMILES string of the molecule is NC(C1Cc2ccc(C(=O)CCCCC(=O)O)cc2C1)S(=O)(=O)c1ccc(Cl)cc1. The molecule has 1 aliphatic carbocycles. The number of sulfone groups is 1. The molecule has 2 unspecified atom stereocenters. The molecule has 0 radical (unpaired) electrons. The van der Waals surface area contributed by atoms with Crippen molar-refractivity contribution in [2.75, 3.05) is 0 Å². The Kier molecular flexibility index (Phi) is 6.95. The number of nitrogens with two attached hydrogens (primary N) is 1. The number of halogens is 1. The van der Waals surface area contributed by atoms with Gasteiger partial charge in [-0.3, -0.25) is 9.59 Å². The van der Waals surface area contributed by atoms with Crippen molar-refractivity contribution >= 4 is 33.2 Å². The van der Waals surface area contributed by atoms with Crippen molar-refractivity contribution in [3.8, 4) is 0 Å². The molecule has 3 rings (SSSR count). The highest BCUT2D eigenvalue weighted by molar-refractivity contribution is 7.92. The summed E-state index contributed by atoms with van der Waals surface area (Å²) in [7, 11) is -3.70. The molecule has 0 amide bonds. The molecule has 0 fully saturated rings. The number of aliphatic carboxylic acids is 1. The van der Waals surface area contributed by atoms with E-state index in [9.17, 15) is 18.0 Å². The van der Waals surface area contributed by atoms with Gasteiger partial charge < -0.3 is 10.8 Å². The highest BCUT2D eigenvalue weighted by atomic mass is 35.5. The molecule has 0 aromatic heterocycles. The maximum Gasteiger partial charge on any atom is 0.303 e. The summed E-state index contributed by atoms with van der Waals surface area (Å²) < 4.78 is 25.8. The van der Waals surface area contributed by atoms with Crippen LogP contribution in [-0.2, 0) is 27.5 Å². The molecular formula is C22H24ClNO5S. The molecule has 0 aliphatic heterocycles. The fraction of sp³-hybridized carbons (Fsp3) is 0.364. The zero-order valence-electron chi connectivity index (χ0n) is 16.4. The third kappa shape index (κ3) is 5.09. The predicted molar refractivity (Wildman–Crippen MR) is 114 cm³/mol. The summed E-state index contributed by atoms with van der Waals surface area (Å²) in [6, 6.07) is 11.4. The molecule has 0 spiro atoms. The quantitative estimate of drug-likeness (QED) is 0.446. The largest absolute Gasteiger partial charge is 0.481 e. The maximum atomic E-state index is 12.9. The summed E-state index contributed by atoms with van der Waals surface area (Å²) >= 11 is 5.84. The number of carbonyl (C=O) groups is 2. The molecule has 1 aliphatic rings. The zero-order valence-corrected chi connectivity index (χ0v) is 18.0. The Morgan fingerprint density at radius 1 is 1.03 bits per heavy atom. The Bertz CT molecular complexity index is 1050. The number of carbonyl (C=O) groups excluding carboxylic acids is 1. The van der Waals surface area contributed by atoms with Crippen molar-refractivity contribution in [1.29, 1.82) is 0 Å². The van der Waals surface area contributed by atoms with Crippen LogP contribution in [0.15, 0.2) is 47.4 Å². The summed E-state index contributed by atoms with van der Waals surface area (Å²) in [5.41, 5.74) is 8.69. The van der Waals surface area contributed by atoms with Crippen molar-refractivity contribution in [1.82, 2.24) is 0 Å².